The van der Waals surface area contributed by atoms with E-state index in [1.165, 1.54) is 55.0 Å². The zero-order valence-electron chi connectivity index (χ0n) is 27.0. The van der Waals surface area contributed by atoms with Crippen molar-refractivity contribution in [3.8, 4) is 11.5 Å². The maximum atomic E-state index is 6.39. The van der Waals surface area contributed by atoms with Crippen molar-refractivity contribution in [3.05, 3.63) is 92.1 Å². The first-order valence-corrected chi connectivity index (χ1v) is 15.4. The summed E-state index contributed by atoms with van der Waals surface area (Å²) in [5.74, 6) is 1.79. The summed E-state index contributed by atoms with van der Waals surface area (Å²) in [4.78, 5) is 4.62. The maximum absolute atomic E-state index is 6.39. The predicted octanol–water partition coefficient (Wildman–Crippen LogP) is 8.63. The van der Waals surface area contributed by atoms with Crippen LogP contribution >= 0.6 is 15.9 Å². The van der Waals surface area contributed by atoms with Crippen molar-refractivity contribution in [1.29, 1.82) is 0 Å². The molecule has 5 rings (SSSR count). The Hall–Kier alpha value is -2.96. The molecule has 1 aliphatic carbocycles. The van der Waals surface area contributed by atoms with Crippen molar-refractivity contribution in [2.45, 2.75) is 70.9 Å². The molecule has 6 heteroatoms. The second-order valence-corrected chi connectivity index (χ2v) is 13.7. The van der Waals surface area contributed by atoms with Crippen LogP contribution in [0.5, 0.6) is 11.5 Å². The van der Waals surface area contributed by atoms with E-state index in [1.54, 1.807) is 14.2 Å². The van der Waals surface area contributed by atoms with E-state index in [0.29, 0.717) is 0 Å². The van der Waals surface area contributed by atoms with Crippen LogP contribution in [0.1, 0.15) is 62.8 Å². The van der Waals surface area contributed by atoms with Crippen LogP contribution in [0.25, 0.3) is 0 Å². The lowest BCUT2D eigenvalue weighted by molar-refractivity contribution is -0.0129. The van der Waals surface area contributed by atoms with Gasteiger partial charge in [-0.2, -0.15) is 0 Å². The molecule has 0 saturated heterocycles. The summed E-state index contributed by atoms with van der Waals surface area (Å²) in [6, 6.07) is 8.56. The molecule has 0 saturated carbocycles. The fourth-order valence-electron chi connectivity index (χ4n) is 7.53. The van der Waals surface area contributed by atoms with Gasteiger partial charge in [0, 0.05) is 53.6 Å². The molecule has 0 fully saturated rings. The highest BCUT2D eigenvalue weighted by atomic mass is 79.9. The molecule has 0 radical (unpaired) electrons. The molecule has 42 heavy (non-hydrogen) atoms. The molecule has 3 aliphatic rings. The molecule has 224 valence electrons. The van der Waals surface area contributed by atoms with Crippen LogP contribution < -0.4 is 19.3 Å². The van der Waals surface area contributed by atoms with E-state index in [-0.39, 0.29) is 10.8 Å². The third-order valence-electron chi connectivity index (χ3n) is 9.92. The summed E-state index contributed by atoms with van der Waals surface area (Å²) in [7, 11) is 9.58. The van der Waals surface area contributed by atoms with Crippen LogP contribution in [-0.4, -0.2) is 41.1 Å². The van der Waals surface area contributed by atoms with Gasteiger partial charge in [-0.1, -0.05) is 55.8 Å². The number of rotatable bonds is 6. The van der Waals surface area contributed by atoms with Gasteiger partial charge in [0.15, 0.2) is 5.72 Å². The minimum absolute atomic E-state index is 0.128. The molecule has 0 spiro atoms. The Labute approximate surface area is 260 Å². The molecule has 2 heterocycles. The van der Waals surface area contributed by atoms with E-state index in [0.717, 1.165) is 24.3 Å². The normalized spacial score (nSPS) is 24.4. The number of benzene rings is 2. The summed E-state index contributed by atoms with van der Waals surface area (Å²) in [5, 5.41) is 0. The van der Waals surface area contributed by atoms with Crippen LogP contribution in [0, 0.1) is 13.8 Å². The largest absolute Gasteiger partial charge is 0.497 e. The fourth-order valence-corrected chi connectivity index (χ4v) is 8.19. The Bertz CT molecular complexity index is 1560. The van der Waals surface area contributed by atoms with Gasteiger partial charge in [0.2, 0.25) is 0 Å². The van der Waals surface area contributed by atoms with Crippen molar-refractivity contribution in [1.82, 2.24) is 0 Å². The molecular weight excluding hydrogens is 588 g/mol. The van der Waals surface area contributed by atoms with Crippen molar-refractivity contribution in [2.24, 2.45) is 0 Å². The van der Waals surface area contributed by atoms with E-state index in [4.69, 9.17) is 14.2 Å². The van der Waals surface area contributed by atoms with Gasteiger partial charge in [0.1, 0.15) is 11.5 Å². The molecule has 2 aliphatic heterocycles. The zero-order valence-corrected chi connectivity index (χ0v) is 28.6. The number of aryl methyl sites for hydroxylation is 2. The molecule has 0 aromatic heterocycles. The SMILES string of the molecule is COc1cc(C)c2c(c1)C(C)(C)/C(=C/C=C1\CCC(/C=C/C3(OC)N(C)c4c(C)cc(OC)cc4C3(C)C)=C1Br)N2C. The smallest absolute Gasteiger partial charge is 0.169 e. The van der Waals surface area contributed by atoms with Crippen LogP contribution in [0.2, 0.25) is 0 Å². The highest BCUT2D eigenvalue weighted by molar-refractivity contribution is 9.12. The molecule has 2 aromatic carbocycles. The van der Waals surface area contributed by atoms with Crippen LogP contribution in [0.3, 0.4) is 0 Å². The lowest BCUT2D eigenvalue weighted by Gasteiger charge is -2.43. The van der Waals surface area contributed by atoms with Gasteiger partial charge in [-0.05, 0) is 96.5 Å². The molecule has 0 N–H and O–H groups in total. The van der Waals surface area contributed by atoms with E-state index in [9.17, 15) is 0 Å². The fraction of sp³-hybridized carbons (Fsp3) is 0.444. The first-order chi connectivity index (χ1) is 19.7. The summed E-state index contributed by atoms with van der Waals surface area (Å²) >= 11 is 3.96. The Morgan fingerprint density at radius 1 is 0.810 bits per heavy atom. The minimum Gasteiger partial charge on any atom is -0.497 e. The first-order valence-electron chi connectivity index (χ1n) is 14.7. The number of allylic oxidation sites excluding steroid dienone is 7. The summed E-state index contributed by atoms with van der Waals surface area (Å²) in [6.45, 7) is 13.4. The quantitative estimate of drug-likeness (QED) is 0.318. The Morgan fingerprint density at radius 3 is 2.00 bits per heavy atom. The van der Waals surface area contributed by atoms with Gasteiger partial charge in [-0.15, -0.1) is 0 Å². The standard InChI is InChI=1S/C36H45BrN2O3/c1-22-18-26(40-9)20-28-32(22)38(7)30(34(28,3)4)15-14-24-12-13-25(31(24)37)16-17-36(42-11)35(5,6)29-21-27(41-10)19-23(2)33(29)39(36)8/h14-21H,12-13H2,1-11H3/b17-16+,24-14+,30-15-. The summed E-state index contributed by atoms with van der Waals surface area (Å²) < 4.78 is 18.8. The average molecular weight is 634 g/mol. The lowest BCUT2D eigenvalue weighted by Crippen LogP contribution is -2.54. The molecular formula is C36H45BrN2O3. The summed E-state index contributed by atoms with van der Waals surface area (Å²) in [6.07, 6.45) is 11.1. The Morgan fingerprint density at radius 2 is 1.40 bits per heavy atom. The second kappa shape index (κ2) is 10.6. The molecule has 1 atom stereocenters. The number of fused-ring (bicyclic) bond motifs is 2. The third kappa shape index (κ3) is 4.36. The number of methoxy groups -OCH3 is 3. The van der Waals surface area contributed by atoms with Crippen LogP contribution in [-0.2, 0) is 15.6 Å². The van der Waals surface area contributed by atoms with E-state index < -0.39 is 5.72 Å². The number of anilines is 2. The molecule has 0 bridgehead atoms. The highest BCUT2D eigenvalue weighted by Gasteiger charge is 2.55. The number of likely N-dealkylation sites (N-methyl/N-ethyl adjacent to an activating group) is 2. The third-order valence-corrected chi connectivity index (χ3v) is 10.9. The monoisotopic (exact) mass is 632 g/mol. The number of hydrogen-bond donors (Lipinski definition) is 0. The van der Waals surface area contributed by atoms with Gasteiger partial charge in [0.25, 0.3) is 0 Å². The average Bonchev–Trinajstić information content (AvgIpc) is 3.45. The maximum Gasteiger partial charge on any atom is 0.169 e. The number of nitrogens with zero attached hydrogens (tertiary/aromatic N) is 2. The molecule has 1 unspecified atom stereocenters. The van der Waals surface area contributed by atoms with Gasteiger partial charge >= 0.3 is 0 Å². The van der Waals surface area contributed by atoms with Crippen LogP contribution in [0.15, 0.2) is 69.9 Å². The zero-order chi connectivity index (χ0) is 30.8. The van der Waals surface area contributed by atoms with Crippen molar-refractivity contribution in [3.63, 3.8) is 0 Å². The number of hydrogen-bond acceptors (Lipinski definition) is 5. The first kappa shape index (κ1) is 30.5. The van der Waals surface area contributed by atoms with Gasteiger partial charge in [-0.3, -0.25) is 0 Å². The predicted molar refractivity (Wildman–Crippen MR) is 179 cm³/mol. The summed E-state index contributed by atoms with van der Waals surface area (Å²) in [5.41, 5.74) is 10.2. The van der Waals surface area contributed by atoms with Gasteiger partial charge < -0.3 is 24.0 Å². The van der Waals surface area contributed by atoms with E-state index in [1.807, 2.05) is 7.11 Å². The highest BCUT2D eigenvalue weighted by Crippen LogP contribution is 2.55. The number of halogens is 1. The lowest BCUT2D eigenvalue weighted by atomic mass is 9.76. The topological polar surface area (TPSA) is 34.2 Å². The Kier molecular flexibility index (Phi) is 7.72. The minimum atomic E-state index is -0.636. The molecule has 5 nitrogen and oxygen atoms in total. The number of ether oxygens (including phenoxy) is 3. The van der Waals surface area contributed by atoms with E-state index in [2.05, 4.69) is 130 Å². The van der Waals surface area contributed by atoms with Gasteiger partial charge in [0.05, 0.1) is 14.2 Å². The molecule has 2 aromatic rings. The van der Waals surface area contributed by atoms with Crippen molar-refractivity contribution in [2.75, 3.05) is 45.2 Å². The van der Waals surface area contributed by atoms with Crippen molar-refractivity contribution >= 4 is 27.3 Å². The molecule has 0 amide bonds. The van der Waals surface area contributed by atoms with Crippen molar-refractivity contribution < 1.29 is 14.2 Å². The van der Waals surface area contributed by atoms with Gasteiger partial charge in [-0.25, -0.2) is 0 Å². The van der Waals surface area contributed by atoms with Crippen LogP contribution in [0.4, 0.5) is 11.4 Å². The second-order valence-electron chi connectivity index (χ2n) is 12.9. The van der Waals surface area contributed by atoms with E-state index >= 15 is 0 Å². The Balaban J connectivity index is 1.48.